The molecule has 2 nitrogen and oxygen atoms in total. The first-order valence-corrected chi connectivity index (χ1v) is 5.24. The molecule has 0 aromatic rings. The monoisotopic (exact) mass is 184 g/mol. The molecule has 0 spiro atoms. The van der Waals surface area contributed by atoms with E-state index in [1.807, 2.05) is 0 Å². The molecule has 0 aromatic heterocycles. The van der Waals surface area contributed by atoms with Crippen molar-refractivity contribution in [1.82, 2.24) is 0 Å². The average molecular weight is 184 g/mol. The molecule has 0 bridgehead atoms. The summed E-state index contributed by atoms with van der Waals surface area (Å²) in [4.78, 5) is 0. The van der Waals surface area contributed by atoms with Gasteiger partial charge in [0.25, 0.3) is 0 Å². The number of ether oxygens (including phenoxy) is 2. The molecule has 1 aliphatic rings. The first-order valence-electron chi connectivity index (χ1n) is 5.24. The van der Waals surface area contributed by atoms with Crippen LogP contribution in [-0.4, -0.2) is 19.0 Å². The van der Waals surface area contributed by atoms with Crippen LogP contribution < -0.4 is 0 Å². The lowest BCUT2D eigenvalue weighted by Crippen LogP contribution is -2.43. The first-order chi connectivity index (χ1) is 6.26. The lowest BCUT2D eigenvalue weighted by atomic mass is 10.0. The molecule has 76 valence electrons. The second-order valence-corrected chi connectivity index (χ2v) is 3.68. The largest absolute Gasteiger partial charge is 0.350 e. The molecule has 0 saturated carbocycles. The second kappa shape index (κ2) is 4.97. The normalized spacial score (nSPS) is 23.3. The van der Waals surface area contributed by atoms with Crippen molar-refractivity contribution in [2.75, 3.05) is 13.2 Å². The first kappa shape index (κ1) is 11.0. The molecule has 0 aliphatic carbocycles. The van der Waals surface area contributed by atoms with Crippen molar-refractivity contribution in [2.45, 2.75) is 45.3 Å². The SMILES string of the molecule is [CH]CCC1COC(CC)(CC)OC1. The molecule has 1 aliphatic heterocycles. The van der Waals surface area contributed by atoms with Crippen molar-refractivity contribution in [3.63, 3.8) is 0 Å². The minimum Gasteiger partial charge on any atom is -0.350 e. The molecule has 1 rings (SSSR count). The van der Waals surface area contributed by atoms with Gasteiger partial charge in [0.1, 0.15) is 0 Å². The fourth-order valence-electron chi connectivity index (χ4n) is 1.69. The number of hydrogen-bond donors (Lipinski definition) is 0. The molecule has 0 atom stereocenters. The van der Waals surface area contributed by atoms with Crippen molar-refractivity contribution in [3.05, 3.63) is 6.92 Å². The zero-order valence-electron chi connectivity index (χ0n) is 8.71. The van der Waals surface area contributed by atoms with E-state index in [9.17, 15) is 0 Å². The van der Waals surface area contributed by atoms with Crippen LogP contribution in [0.5, 0.6) is 0 Å². The molecule has 1 heterocycles. The summed E-state index contributed by atoms with van der Waals surface area (Å²) < 4.78 is 11.5. The van der Waals surface area contributed by atoms with Gasteiger partial charge >= 0.3 is 0 Å². The zero-order valence-corrected chi connectivity index (χ0v) is 8.71. The van der Waals surface area contributed by atoms with Crippen molar-refractivity contribution >= 4 is 0 Å². The van der Waals surface area contributed by atoms with E-state index in [1.54, 1.807) is 0 Å². The Labute approximate surface area is 81.6 Å². The lowest BCUT2D eigenvalue weighted by molar-refractivity contribution is -0.285. The van der Waals surface area contributed by atoms with Crippen LogP contribution in [0.3, 0.4) is 0 Å². The standard InChI is InChI=1S/C11H20O2/c1-4-7-10-8-12-11(5-2,6-3)13-9-10/h1,10H,4-9H2,2-3H3. The Morgan fingerprint density at radius 2 is 1.77 bits per heavy atom. The third-order valence-corrected chi connectivity index (χ3v) is 2.82. The Morgan fingerprint density at radius 3 is 2.15 bits per heavy atom. The minimum atomic E-state index is -0.300. The zero-order chi connectivity index (χ0) is 9.73. The van der Waals surface area contributed by atoms with E-state index >= 15 is 0 Å². The van der Waals surface area contributed by atoms with Crippen LogP contribution in [0, 0.1) is 12.8 Å². The Balaban J connectivity index is 2.36. The Hall–Kier alpha value is -0.0800. The molecule has 0 unspecified atom stereocenters. The Bertz CT molecular complexity index is 131. The van der Waals surface area contributed by atoms with Crippen LogP contribution in [0.2, 0.25) is 0 Å². The summed E-state index contributed by atoms with van der Waals surface area (Å²) in [6.45, 7) is 11.3. The van der Waals surface area contributed by atoms with Crippen LogP contribution >= 0.6 is 0 Å². The topological polar surface area (TPSA) is 18.5 Å². The average Bonchev–Trinajstić information content (AvgIpc) is 2.20. The summed E-state index contributed by atoms with van der Waals surface area (Å²) in [5, 5.41) is 0. The van der Waals surface area contributed by atoms with Crippen molar-refractivity contribution < 1.29 is 9.47 Å². The van der Waals surface area contributed by atoms with Gasteiger partial charge in [-0.15, -0.1) is 0 Å². The number of rotatable bonds is 4. The van der Waals surface area contributed by atoms with Crippen LogP contribution in [-0.2, 0) is 9.47 Å². The fourth-order valence-corrected chi connectivity index (χ4v) is 1.69. The van der Waals surface area contributed by atoms with E-state index in [0.717, 1.165) is 38.9 Å². The van der Waals surface area contributed by atoms with E-state index in [-0.39, 0.29) is 5.79 Å². The maximum Gasteiger partial charge on any atom is 0.167 e. The third kappa shape index (κ3) is 2.68. The van der Waals surface area contributed by atoms with Gasteiger partial charge in [-0.1, -0.05) is 13.8 Å². The summed E-state index contributed by atoms with van der Waals surface area (Å²) in [5.41, 5.74) is 0. The van der Waals surface area contributed by atoms with Gasteiger partial charge in [-0.2, -0.15) is 0 Å². The van der Waals surface area contributed by atoms with Crippen molar-refractivity contribution in [1.29, 1.82) is 0 Å². The summed E-state index contributed by atoms with van der Waals surface area (Å²) in [5.74, 6) is 0.196. The third-order valence-electron chi connectivity index (χ3n) is 2.82. The summed E-state index contributed by atoms with van der Waals surface area (Å²) in [7, 11) is 0. The highest BCUT2D eigenvalue weighted by Gasteiger charge is 2.33. The Morgan fingerprint density at radius 1 is 1.23 bits per heavy atom. The highest BCUT2D eigenvalue weighted by atomic mass is 16.7. The molecule has 2 radical (unpaired) electrons. The van der Waals surface area contributed by atoms with E-state index in [1.165, 1.54) is 0 Å². The van der Waals surface area contributed by atoms with Gasteiger partial charge in [-0.3, -0.25) is 0 Å². The maximum absolute atomic E-state index is 5.75. The molecular formula is C11H20O2. The molecule has 1 fully saturated rings. The molecule has 1 saturated heterocycles. The van der Waals surface area contributed by atoms with Crippen LogP contribution in [0.1, 0.15) is 39.5 Å². The van der Waals surface area contributed by atoms with Crippen LogP contribution in [0.15, 0.2) is 0 Å². The van der Waals surface area contributed by atoms with Crippen LogP contribution in [0.25, 0.3) is 0 Å². The molecule has 0 amide bonds. The highest BCUT2D eigenvalue weighted by molar-refractivity contribution is 4.73. The molecule has 13 heavy (non-hydrogen) atoms. The summed E-state index contributed by atoms with van der Waals surface area (Å²) >= 11 is 0. The van der Waals surface area contributed by atoms with Gasteiger partial charge in [0, 0.05) is 5.92 Å². The Kier molecular flexibility index (Phi) is 4.20. The van der Waals surface area contributed by atoms with E-state index in [4.69, 9.17) is 16.4 Å². The lowest BCUT2D eigenvalue weighted by Gasteiger charge is -2.39. The van der Waals surface area contributed by atoms with Gasteiger partial charge in [-0.25, -0.2) is 0 Å². The quantitative estimate of drug-likeness (QED) is 0.668. The van der Waals surface area contributed by atoms with Crippen molar-refractivity contribution in [2.24, 2.45) is 5.92 Å². The summed E-state index contributed by atoms with van der Waals surface area (Å²) in [6.07, 6.45) is 3.59. The van der Waals surface area contributed by atoms with Crippen LogP contribution in [0.4, 0.5) is 0 Å². The fraction of sp³-hybridized carbons (Fsp3) is 0.909. The predicted molar refractivity (Wildman–Crippen MR) is 52.2 cm³/mol. The van der Waals surface area contributed by atoms with Gasteiger partial charge in [-0.05, 0) is 32.6 Å². The van der Waals surface area contributed by atoms with E-state index < -0.39 is 0 Å². The van der Waals surface area contributed by atoms with E-state index in [0.29, 0.717) is 5.92 Å². The van der Waals surface area contributed by atoms with Gasteiger partial charge < -0.3 is 9.47 Å². The minimum absolute atomic E-state index is 0.300. The van der Waals surface area contributed by atoms with Gasteiger partial charge in [0.2, 0.25) is 0 Å². The van der Waals surface area contributed by atoms with Gasteiger partial charge in [0.05, 0.1) is 13.2 Å². The molecule has 0 N–H and O–H groups in total. The molecule has 0 aromatic carbocycles. The maximum atomic E-state index is 5.75. The highest BCUT2D eigenvalue weighted by Crippen LogP contribution is 2.29. The number of hydrogen-bond acceptors (Lipinski definition) is 2. The van der Waals surface area contributed by atoms with Gasteiger partial charge in [0.15, 0.2) is 5.79 Å². The van der Waals surface area contributed by atoms with Crippen molar-refractivity contribution in [3.8, 4) is 0 Å². The smallest absolute Gasteiger partial charge is 0.167 e. The second-order valence-electron chi connectivity index (χ2n) is 3.68. The summed E-state index contributed by atoms with van der Waals surface area (Å²) in [6, 6.07) is 0. The predicted octanol–water partition coefficient (Wildman–Crippen LogP) is 2.66. The molecular weight excluding hydrogens is 164 g/mol. The van der Waals surface area contributed by atoms with E-state index in [2.05, 4.69) is 13.8 Å². The molecule has 2 heteroatoms.